The van der Waals surface area contributed by atoms with Crippen molar-refractivity contribution in [2.45, 2.75) is 51.2 Å². The Bertz CT molecular complexity index is 631. The van der Waals surface area contributed by atoms with Gasteiger partial charge < -0.3 is 20.3 Å². The minimum absolute atomic E-state index is 0.131. The van der Waals surface area contributed by atoms with Gasteiger partial charge in [0, 0.05) is 38.4 Å². The van der Waals surface area contributed by atoms with Gasteiger partial charge in [0.25, 0.3) is 0 Å². The topological polar surface area (TPSA) is 52.1 Å². The molecule has 3 rings (SSSR count). The molecule has 0 aromatic heterocycles. The number of benzene rings is 1. The molecule has 0 radical (unpaired) electrons. The van der Waals surface area contributed by atoms with E-state index in [4.69, 9.17) is 9.73 Å². The molecular weight excluding hydrogens is 362 g/mol. The summed E-state index contributed by atoms with van der Waals surface area (Å²) in [6.45, 7) is 9.76. The molecular formula is C23H39N5O. The van der Waals surface area contributed by atoms with Crippen molar-refractivity contribution >= 4 is 5.96 Å². The summed E-state index contributed by atoms with van der Waals surface area (Å²) in [5.74, 6) is 0.890. The molecule has 2 aliphatic rings. The van der Waals surface area contributed by atoms with Crippen LogP contribution in [0.2, 0.25) is 0 Å². The molecule has 0 amide bonds. The van der Waals surface area contributed by atoms with Gasteiger partial charge in [-0.2, -0.15) is 0 Å². The lowest BCUT2D eigenvalue weighted by Crippen LogP contribution is -2.57. The molecule has 2 aliphatic heterocycles. The number of nitrogens with one attached hydrogen (secondary N) is 2. The van der Waals surface area contributed by atoms with Crippen molar-refractivity contribution in [1.29, 1.82) is 0 Å². The molecule has 2 saturated heterocycles. The third-order valence-electron chi connectivity index (χ3n) is 6.35. The van der Waals surface area contributed by atoms with Gasteiger partial charge in [-0.1, -0.05) is 24.3 Å². The Hall–Kier alpha value is -1.63. The van der Waals surface area contributed by atoms with E-state index in [1.807, 2.05) is 0 Å². The fraction of sp³-hybridized carbons (Fsp3) is 0.696. The van der Waals surface area contributed by atoms with E-state index in [2.05, 4.69) is 65.7 Å². The van der Waals surface area contributed by atoms with Crippen LogP contribution in [0.1, 0.15) is 43.7 Å². The Morgan fingerprint density at radius 1 is 1.07 bits per heavy atom. The summed E-state index contributed by atoms with van der Waals surface area (Å²) < 4.78 is 5.58. The largest absolute Gasteiger partial charge is 0.381 e. The Morgan fingerprint density at radius 3 is 2.34 bits per heavy atom. The van der Waals surface area contributed by atoms with Gasteiger partial charge in [0.05, 0.1) is 6.54 Å². The molecule has 1 aromatic rings. The van der Waals surface area contributed by atoms with Gasteiger partial charge in [-0.3, -0.25) is 4.90 Å². The van der Waals surface area contributed by atoms with Crippen LogP contribution in [0.3, 0.4) is 0 Å². The number of nitrogens with zero attached hydrogens (tertiary/aromatic N) is 3. The van der Waals surface area contributed by atoms with E-state index in [0.29, 0.717) is 6.54 Å². The van der Waals surface area contributed by atoms with Crippen molar-refractivity contribution in [3.63, 3.8) is 0 Å². The number of rotatable bonds is 8. The second-order valence-corrected chi connectivity index (χ2v) is 8.58. The first kappa shape index (κ1) is 22.1. The Morgan fingerprint density at radius 2 is 1.72 bits per heavy atom. The minimum atomic E-state index is 0.131. The SMILES string of the molecule is CCNC(=NCc1ccc(CN2CCCC2)cc1)NCC1(N(C)C)CCOCC1. The summed E-state index contributed by atoms with van der Waals surface area (Å²) in [6.07, 6.45) is 4.78. The van der Waals surface area contributed by atoms with Crippen molar-refractivity contribution in [2.75, 3.05) is 53.5 Å². The van der Waals surface area contributed by atoms with Crippen LogP contribution >= 0.6 is 0 Å². The molecule has 0 bridgehead atoms. The summed E-state index contributed by atoms with van der Waals surface area (Å²) in [4.78, 5) is 9.70. The third-order valence-corrected chi connectivity index (χ3v) is 6.35. The fourth-order valence-corrected chi connectivity index (χ4v) is 4.24. The number of guanidine groups is 1. The van der Waals surface area contributed by atoms with Crippen molar-refractivity contribution in [3.05, 3.63) is 35.4 Å². The quantitative estimate of drug-likeness (QED) is 0.518. The molecule has 6 heteroatoms. The Kier molecular flexibility index (Phi) is 8.33. The van der Waals surface area contributed by atoms with Gasteiger partial charge in [-0.25, -0.2) is 4.99 Å². The van der Waals surface area contributed by atoms with Crippen LogP contribution in [0.5, 0.6) is 0 Å². The number of likely N-dealkylation sites (tertiary alicyclic amines) is 1. The molecule has 2 fully saturated rings. The fourth-order valence-electron chi connectivity index (χ4n) is 4.24. The highest BCUT2D eigenvalue weighted by Crippen LogP contribution is 2.25. The highest BCUT2D eigenvalue weighted by molar-refractivity contribution is 5.79. The van der Waals surface area contributed by atoms with Crippen LogP contribution in [0, 0.1) is 0 Å². The third kappa shape index (κ3) is 6.43. The number of ether oxygens (including phenoxy) is 1. The van der Waals surface area contributed by atoms with E-state index in [-0.39, 0.29) is 5.54 Å². The van der Waals surface area contributed by atoms with Crippen LogP contribution in [-0.2, 0) is 17.8 Å². The highest BCUT2D eigenvalue weighted by Gasteiger charge is 2.34. The number of hydrogen-bond acceptors (Lipinski definition) is 4. The zero-order valence-corrected chi connectivity index (χ0v) is 18.5. The lowest BCUT2D eigenvalue weighted by atomic mass is 9.88. The van der Waals surface area contributed by atoms with Crippen molar-refractivity contribution < 1.29 is 4.74 Å². The predicted octanol–water partition coefficient (Wildman–Crippen LogP) is 2.45. The molecule has 1 aromatic carbocycles. The first-order valence-corrected chi connectivity index (χ1v) is 11.2. The Labute approximate surface area is 176 Å². The molecule has 0 atom stereocenters. The summed E-state index contributed by atoms with van der Waals surface area (Å²) in [6, 6.07) is 8.95. The van der Waals surface area contributed by atoms with Gasteiger partial charge in [-0.15, -0.1) is 0 Å². The van der Waals surface area contributed by atoms with Crippen molar-refractivity contribution in [3.8, 4) is 0 Å². The molecule has 2 heterocycles. The zero-order chi connectivity index (χ0) is 20.5. The maximum atomic E-state index is 5.58. The maximum Gasteiger partial charge on any atom is 0.191 e. The van der Waals surface area contributed by atoms with E-state index in [1.54, 1.807) is 0 Å². The number of hydrogen-bond donors (Lipinski definition) is 2. The normalized spacial score (nSPS) is 20.2. The number of likely N-dealkylation sites (N-methyl/N-ethyl adjacent to an activating group) is 1. The van der Waals surface area contributed by atoms with Crippen LogP contribution in [-0.4, -0.2) is 74.8 Å². The summed E-state index contributed by atoms with van der Waals surface area (Å²) in [5.41, 5.74) is 2.78. The number of aliphatic imine (C=N–C) groups is 1. The molecule has 0 spiro atoms. The summed E-state index contributed by atoms with van der Waals surface area (Å²) >= 11 is 0. The molecule has 6 nitrogen and oxygen atoms in total. The molecule has 0 aliphatic carbocycles. The van der Waals surface area contributed by atoms with E-state index < -0.39 is 0 Å². The zero-order valence-electron chi connectivity index (χ0n) is 18.5. The lowest BCUT2D eigenvalue weighted by molar-refractivity contribution is -0.00501. The van der Waals surface area contributed by atoms with Crippen LogP contribution < -0.4 is 10.6 Å². The average molecular weight is 402 g/mol. The molecule has 29 heavy (non-hydrogen) atoms. The van der Waals surface area contributed by atoms with Crippen LogP contribution in [0.15, 0.2) is 29.3 Å². The van der Waals surface area contributed by atoms with Gasteiger partial charge in [0.1, 0.15) is 0 Å². The summed E-state index contributed by atoms with van der Waals surface area (Å²) in [7, 11) is 4.33. The van der Waals surface area contributed by atoms with Crippen LogP contribution in [0.25, 0.3) is 0 Å². The monoisotopic (exact) mass is 401 g/mol. The van der Waals surface area contributed by atoms with Gasteiger partial charge in [-0.05, 0) is 70.9 Å². The smallest absolute Gasteiger partial charge is 0.191 e. The molecule has 0 unspecified atom stereocenters. The standard InChI is InChI=1S/C23H39N5O/c1-4-24-22(26-19-23(27(2)3)11-15-29-16-12-23)25-17-20-7-9-21(10-8-20)18-28-13-5-6-14-28/h7-10H,4-6,11-19H2,1-3H3,(H2,24,25,26). The van der Waals surface area contributed by atoms with Gasteiger partial charge >= 0.3 is 0 Å². The van der Waals surface area contributed by atoms with Crippen LogP contribution in [0.4, 0.5) is 0 Å². The lowest BCUT2D eigenvalue weighted by Gasteiger charge is -2.43. The molecule has 0 saturated carbocycles. The van der Waals surface area contributed by atoms with Crippen molar-refractivity contribution in [2.24, 2.45) is 4.99 Å². The molecule has 2 N–H and O–H groups in total. The highest BCUT2D eigenvalue weighted by atomic mass is 16.5. The maximum absolute atomic E-state index is 5.58. The van der Waals surface area contributed by atoms with Crippen molar-refractivity contribution in [1.82, 2.24) is 20.4 Å². The average Bonchev–Trinajstić information content (AvgIpc) is 3.25. The first-order valence-electron chi connectivity index (χ1n) is 11.2. The van der Waals surface area contributed by atoms with E-state index in [1.165, 1.54) is 37.1 Å². The van der Waals surface area contributed by atoms with Gasteiger partial charge in [0.15, 0.2) is 5.96 Å². The van der Waals surface area contributed by atoms with Gasteiger partial charge in [0.2, 0.25) is 0 Å². The first-order chi connectivity index (χ1) is 14.1. The van der Waals surface area contributed by atoms with E-state index in [0.717, 1.165) is 51.6 Å². The second-order valence-electron chi connectivity index (χ2n) is 8.58. The summed E-state index contributed by atoms with van der Waals surface area (Å²) in [5, 5.41) is 6.97. The Balaban J connectivity index is 1.55. The minimum Gasteiger partial charge on any atom is -0.381 e. The molecule has 162 valence electrons. The van der Waals surface area contributed by atoms with E-state index in [9.17, 15) is 0 Å². The predicted molar refractivity (Wildman–Crippen MR) is 120 cm³/mol. The van der Waals surface area contributed by atoms with E-state index >= 15 is 0 Å². The second kappa shape index (κ2) is 11.0.